The lowest BCUT2D eigenvalue weighted by Gasteiger charge is -2.41. The van der Waals surface area contributed by atoms with E-state index >= 15 is 0 Å². The molecular weight excluding hydrogens is 288 g/mol. The van der Waals surface area contributed by atoms with Crippen LogP contribution < -0.4 is 0 Å². The Bertz CT molecular complexity index is 656. The number of likely N-dealkylation sites (tertiary alicyclic amines) is 1. The molecule has 1 aliphatic rings. The van der Waals surface area contributed by atoms with E-state index in [0.29, 0.717) is 18.0 Å². The number of nitrogens with zero attached hydrogens (tertiary/aromatic N) is 2. The average molecular weight is 304 g/mol. The summed E-state index contributed by atoms with van der Waals surface area (Å²) in [4.78, 5) is 25.9. The number of carbonyl (C=O) groups excluding carboxylic acids is 1. The number of amides is 1. The Morgan fingerprint density at radius 2 is 2.00 bits per heavy atom. The molecule has 0 saturated carbocycles. The van der Waals surface area contributed by atoms with Crippen molar-refractivity contribution in [3.63, 3.8) is 0 Å². The van der Waals surface area contributed by atoms with Gasteiger partial charge in [-0.05, 0) is 23.6 Å². The first-order valence-corrected chi connectivity index (χ1v) is 7.69. The molecule has 2 aromatic heterocycles. The summed E-state index contributed by atoms with van der Waals surface area (Å²) in [5.74, 6) is -1.15. The SMILES string of the molecule is CC(C(=O)O)C1CN(C(=O)c2sccc2-n2cccc2)C1. The van der Waals surface area contributed by atoms with E-state index in [0.717, 1.165) is 5.69 Å². The van der Waals surface area contributed by atoms with Gasteiger partial charge in [0.1, 0.15) is 4.88 Å². The summed E-state index contributed by atoms with van der Waals surface area (Å²) in [5.41, 5.74) is 0.879. The minimum atomic E-state index is -0.795. The second-order valence-electron chi connectivity index (χ2n) is 5.32. The third-order valence-electron chi connectivity index (χ3n) is 4.01. The van der Waals surface area contributed by atoms with Crippen LogP contribution in [0.15, 0.2) is 36.0 Å². The molecule has 1 fully saturated rings. The van der Waals surface area contributed by atoms with Crippen molar-refractivity contribution in [3.8, 4) is 5.69 Å². The number of carboxylic acid groups (broad SMARTS) is 1. The normalized spacial score (nSPS) is 16.5. The third kappa shape index (κ3) is 2.47. The monoisotopic (exact) mass is 304 g/mol. The predicted octanol–water partition coefficient (Wildman–Crippen LogP) is 2.33. The van der Waals surface area contributed by atoms with Crippen LogP contribution in [0.3, 0.4) is 0 Å². The Balaban J connectivity index is 1.71. The Kier molecular flexibility index (Phi) is 3.55. The van der Waals surface area contributed by atoms with Crippen molar-refractivity contribution in [1.29, 1.82) is 0 Å². The minimum absolute atomic E-state index is 0.0115. The van der Waals surface area contributed by atoms with Crippen LogP contribution in [-0.4, -0.2) is 39.5 Å². The van der Waals surface area contributed by atoms with Crippen LogP contribution >= 0.6 is 11.3 Å². The van der Waals surface area contributed by atoms with Crippen molar-refractivity contribution in [2.45, 2.75) is 6.92 Å². The first kappa shape index (κ1) is 13.9. The second kappa shape index (κ2) is 5.37. The van der Waals surface area contributed by atoms with Crippen LogP contribution in [0.25, 0.3) is 5.69 Å². The fraction of sp³-hybridized carbons (Fsp3) is 0.333. The molecule has 0 aliphatic carbocycles. The summed E-state index contributed by atoms with van der Waals surface area (Å²) in [7, 11) is 0. The highest BCUT2D eigenvalue weighted by Crippen LogP contribution is 2.29. The number of carboxylic acids is 1. The van der Waals surface area contributed by atoms with E-state index in [2.05, 4.69) is 0 Å². The van der Waals surface area contributed by atoms with Crippen molar-refractivity contribution in [2.75, 3.05) is 13.1 Å². The smallest absolute Gasteiger partial charge is 0.306 e. The molecule has 6 heteroatoms. The van der Waals surface area contributed by atoms with Crippen LogP contribution in [-0.2, 0) is 4.79 Å². The zero-order chi connectivity index (χ0) is 15.0. The Morgan fingerprint density at radius 3 is 2.62 bits per heavy atom. The van der Waals surface area contributed by atoms with E-state index in [1.807, 2.05) is 40.5 Å². The molecule has 1 unspecified atom stereocenters. The molecule has 0 spiro atoms. The quantitative estimate of drug-likeness (QED) is 0.943. The molecule has 21 heavy (non-hydrogen) atoms. The molecular formula is C15H16N2O3S. The van der Waals surface area contributed by atoms with Crippen molar-refractivity contribution < 1.29 is 14.7 Å². The highest BCUT2D eigenvalue weighted by Gasteiger charge is 2.38. The number of aromatic nitrogens is 1. The maximum atomic E-state index is 12.5. The molecule has 3 rings (SSSR count). The fourth-order valence-corrected chi connectivity index (χ4v) is 3.36. The summed E-state index contributed by atoms with van der Waals surface area (Å²) in [6.07, 6.45) is 3.81. The highest BCUT2D eigenvalue weighted by atomic mass is 32.1. The topological polar surface area (TPSA) is 62.5 Å². The van der Waals surface area contributed by atoms with Gasteiger partial charge in [0.25, 0.3) is 5.91 Å². The summed E-state index contributed by atoms with van der Waals surface area (Å²) in [6, 6.07) is 5.76. The molecule has 0 aromatic carbocycles. The standard InChI is InChI=1S/C15H16N2O3S/c1-10(15(19)20)11-8-17(9-11)14(18)13-12(4-7-21-13)16-5-2-3-6-16/h2-7,10-11H,8-9H2,1H3,(H,19,20). The van der Waals surface area contributed by atoms with Crippen LogP contribution in [0.5, 0.6) is 0 Å². The minimum Gasteiger partial charge on any atom is -0.481 e. The first-order chi connectivity index (χ1) is 10.1. The lowest BCUT2D eigenvalue weighted by atomic mass is 9.87. The van der Waals surface area contributed by atoms with Gasteiger partial charge in [-0.15, -0.1) is 11.3 Å². The van der Waals surface area contributed by atoms with Gasteiger partial charge < -0.3 is 14.6 Å². The van der Waals surface area contributed by atoms with E-state index < -0.39 is 11.9 Å². The average Bonchev–Trinajstić information content (AvgIpc) is 3.06. The van der Waals surface area contributed by atoms with Gasteiger partial charge in [0.05, 0.1) is 11.6 Å². The van der Waals surface area contributed by atoms with E-state index in [9.17, 15) is 9.59 Å². The van der Waals surface area contributed by atoms with Crippen LogP contribution in [0.4, 0.5) is 0 Å². The number of rotatable bonds is 4. The van der Waals surface area contributed by atoms with Gasteiger partial charge in [0, 0.05) is 31.4 Å². The van der Waals surface area contributed by atoms with Gasteiger partial charge in [-0.25, -0.2) is 0 Å². The van der Waals surface area contributed by atoms with Crippen LogP contribution in [0.2, 0.25) is 0 Å². The molecule has 3 heterocycles. The number of carbonyl (C=O) groups is 2. The largest absolute Gasteiger partial charge is 0.481 e. The van der Waals surface area contributed by atoms with Gasteiger partial charge in [-0.2, -0.15) is 0 Å². The molecule has 1 saturated heterocycles. The van der Waals surface area contributed by atoms with Crippen LogP contribution in [0, 0.1) is 11.8 Å². The first-order valence-electron chi connectivity index (χ1n) is 6.81. The lowest BCUT2D eigenvalue weighted by Crippen LogP contribution is -2.53. The summed E-state index contributed by atoms with van der Waals surface area (Å²) < 4.78 is 1.92. The molecule has 5 nitrogen and oxygen atoms in total. The highest BCUT2D eigenvalue weighted by molar-refractivity contribution is 7.12. The van der Waals surface area contributed by atoms with Gasteiger partial charge in [0.2, 0.25) is 0 Å². The van der Waals surface area contributed by atoms with Crippen LogP contribution in [0.1, 0.15) is 16.6 Å². The van der Waals surface area contributed by atoms with E-state index in [1.54, 1.807) is 11.8 Å². The van der Waals surface area contributed by atoms with Gasteiger partial charge in [0.15, 0.2) is 0 Å². The van der Waals surface area contributed by atoms with Gasteiger partial charge >= 0.3 is 5.97 Å². The zero-order valence-corrected chi connectivity index (χ0v) is 12.4. The molecule has 1 N–H and O–H groups in total. The maximum absolute atomic E-state index is 12.5. The van der Waals surface area contributed by atoms with E-state index in [-0.39, 0.29) is 11.8 Å². The third-order valence-corrected chi connectivity index (χ3v) is 4.91. The molecule has 110 valence electrons. The molecule has 0 bridgehead atoms. The molecule has 1 aliphatic heterocycles. The number of hydrogen-bond acceptors (Lipinski definition) is 3. The number of thiophene rings is 1. The number of aliphatic carboxylic acids is 1. The van der Waals surface area contributed by atoms with E-state index in [4.69, 9.17) is 5.11 Å². The lowest BCUT2D eigenvalue weighted by molar-refractivity contribution is -0.144. The summed E-state index contributed by atoms with van der Waals surface area (Å²) >= 11 is 1.42. The fourth-order valence-electron chi connectivity index (χ4n) is 2.50. The molecule has 2 aromatic rings. The molecule has 1 atom stereocenters. The molecule has 1 amide bonds. The van der Waals surface area contributed by atoms with Gasteiger partial charge in [-0.3, -0.25) is 9.59 Å². The Hall–Kier alpha value is -2.08. The maximum Gasteiger partial charge on any atom is 0.306 e. The van der Waals surface area contributed by atoms with Crippen molar-refractivity contribution in [3.05, 3.63) is 40.8 Å². The van der Waals surface area contributed by atoms with Crippen molar-refractivity contribution in [1.82, 2.24) is 9.47 Å². The summed E-state index contributed by atoms with van der Waals surface area (Å²) in [5, 5.41) is 10.9. The summed E-state index contributed by atoms with van der Waals surface area (Å²) in [6.45, 7) is 2.75. The second-order valence-corrected chi connectivity index (χ2v) is 6.24. The van der Waals surface area contributed by atoms with E-state index in [1.165, 1.54) is 11.3 Å². The Morgan fingerprint density at radius 1 is 1.33 bits per heavy atom. The van der Waals surface area contributed by atoms with Gasteiger partial charge in [-0.1, -0.05) is 6.92 Å². The number of hydrogen-bond donors (Lipinski definition) is 1. The zero-order valence-electron chi connectivity index (χ0n) is 11.6. The Labute approximate surface area is 126 Å². The van der Waals surface area contributed by atoms with Crippen molar-refractivity contribution >= 4 is 23.2 Å². The molecule has 0 radical (unpaired) electrons. The van der Waals surface area contributed by atoms with Crippen molar-refractivity contribution in [2.24, 2.45) is 11.8 Å². The predicted molar refractivity (Wildman–Crippen MR) is 79.8 cm³/mol.